The predicted molar refractivity (Wildman–Crippen MR) is 74.8 cm³/mol. The third kappa shape index (κ3) is 4.01. The van der Waals surface area contributed by atoms with E-state index in [0.717, 1.165) is 12.1 Å². The van der Waals surface area contributed by atoms with Crippen LogP contribution in [0.2, 0.25) is 0 Å². The number of thiazole rings is 1. The van der Waals surface area contributed by atoms with Crippen LogP contribution in [0.25, 0.3) is 0 Å². The van der Waals surface area contributed by atoms with E-state index in [-0.39, 0.29) is 24.3 Å². The van der Waals surface area contributed by atoms with Crippen molar-refractivity contribution in [3.8, 4) is 0 Å². The van der Waals surface area contributed by atoms with Crippen LogP contribution in [0, 0.1) is 5.92 Å². The van der Waals surface area contributed by atoms with Gasteiger partial charge in [-0.2, -0.15) is 0 Å². The summed E-state index contributed by atoms with van der Waals surface area (Å²) < 4.78 is 5.37. The van der Waals surface area contributed by atoms with E-state index in [0.29, 0.717) is 24.6 Å². The normalized spacial score (nSPS) is 21.9. The summed E-state index contributed by atoms with van der Waals surface area (Å²) in [6, 6.07) is 0. The predicted octanol–water partition coefficient (Wildman–Crippen LogP) is 1.91. The summed E-state index contributed by atoms with van der Waals surface area (Å²) in [5.41, 5.74) is 0.822. The van der Waals surface area contributed by atoms with Crippen molar-refractivity contribution >= 4 is 28.3 Å². The molecule has 1 amide bonds. The molecule has 0 bridgehead atoms. The van der Waals surface area contributed by atoms with Gasteiger partial charge in [0.2, 0.25) is 5.91 Å². The Bertz CT molecular complexity index is 488. The highest BCUT2D eigenvalue weighted by molar-refractivity contribution is 7.13. The number of aromatic nitrogens is 1. The lowest BCUT2D eigenvalue weighted by Crippen LogP contribution is -2.27. The molecule has 2 atom stereocenters. The van der Waals surface area contributed by atoms with Gasteiger partial charge in [-0.3, -0.25) is 9.59 Å². The maximum Gasteiger partial charge on any atom is 0.303 e. The van der Waals surface area contributed by atoms with E-state index in [1.54, 1.807) is 0 Å². The Morgan fingerprint density at radius 1 is 1.60 bits per heavy atom. The number of hydrogen-bond acceptors (Lipinski definition) is 5. The van der Waals surface area contributed by atoms with Gasteiger partial charge in [0.05, 0.1) is 17.7 Å². The third-order valence-electron chi connectivity index (χ3n) is 3.32. The molecular formula is C13H18N2O4S. The number of rotatable bonds is 6. The number of nitrogens with zero attached hydrogens (tertiary/aromatic N) is 1. The average Bonchev–Trinajstić information content (AvgIpc) is 2.98. The summed E-state index contributed by atoms with van der Waals surface area (Å²) in [5, 5.41) is 13.8. The molecule has 0 spiro atoms. The number of carboxylic acids is 1. The fraction of sp³-hybridized carbons (Fsp3) is 0.615. The Balaban J connectivity index is 1.83. The summed E-state index contributed by atoms with van der Waals surface area (Å²) in [7, 11) is 0. The number of carbonyl (C=O) groups excluding carboxylic acids is 1. The molecule has 2 unspecified atom stereocenters. The fourth-order valence-electron chi connectivity index (χ4n) is 2.17. The lowest BCUT2D eigenvalue weighted by atomic mass is 10.0. The second kappa shape index (κ2) is 6.81. The molecule has 1 saturated heterocycles. The van der Waals surface area contributed by atoms with Gasteiger partial charge in [0.1, 0.15) is 0 Å². The van der Waals surface area contributed by atoms with Gasteiger partial charge >= 0.3 is 5.97 Å². The third-order valence-corrected chi connectivity index (χ3v) is 4.12. The number of ether oxygens (including phenoxy) is 1. The second-order valence-corrected chi connectivity index (χ2v) is 5.71. The number of nitrogens with one attached hydrogen (secondary N) is 1. The highest BCUT2D eigenvalue weighted by Crippen LogP contribution is 2.23. The Kier molecular flexibility index (Phi) is 5.08. The molecule has 1 aliphatic heterocycles. The molecule has 20 heavy (non-hydrogen) atoms. The van der Waals surface area contributed by atoms with E-state index < -0.39 is 5.97 Å². The minimum absolute atomic E-state index is 0.0509. The zero-order valence-electron chi connectivity index (χ0n) is 11.3. The van der Waals surface area contributed by atoms with E-state index in [4.69, 9.17) is 9.84 Å². The van der Waals surface area contributed by atoms with E-state index in [9.17, 15) is 9.59 Å². The lowest BCUT2D eigenvalue weighted by molar-refractivity contribution is -0.137. The molecule has 110 valence electrons. The van der Waals surface area contributed by atoms with Crippen molar-refractivity contribution < 1.29 is 19.4 Å². The molecule has 7 heteroatoms. The largest absolute Gasteiger partial charge is 0.481 e. The summed E-state index contributed by atoms with van der Waals surface area (Å²) in [6.07, 6.45) is 1.99. The molecule has 0 saturated carbocycles. The van der Waals surface area contributed by atoms with Crippen molar-refractivity contribution in [3.63, 3.8) is 0 Å². The van der Waals surface area contributed by atoms with Crippen molar-refractivity contribution in [2.24, 2.45) is 5.92 Å². The Morgan fingerprint density at radius 2 is 2.40 bits per heavy atom. The Labute approximate surface area is 121 Å². The van der Waals surface area contributed by atoms with Crippen molar-refractivity contribution in [2.45, 2.75) is 38.7 Å². The minimum atomic E-state index is -0.802. The summed E-state index contributed by atoms with van der Waals surface area (Å²) in [4.78, 5) is 26.8. The average molecular weight is 298 g/mol. The van der Waals surface area contributed by atoms with Gasteiger partial charge in [-0.15, -0.1) is 11.3 Å². The van der Waals surface area contributed by atoms with Gasteiger partial charge in [0.15, 0.2) is 5.13 Å². The zero-order valence-corrected chi connectivity index (χ0v) is 12.1. The zero-order chi connectivity index (χ0) is 14.5. The first-order chi connectivity index (χ1) is 9.56. The van der Waals surface area contributed by atoms with Crippen molar-refractivity contribution in [1.29, 1.82) is 0 Å². The topological polar surface area (TPSA) is 88.5 Å². The summed E-state index contributed by atoms with van der Waals surface area (Å²) in [6.45, 7) is 2.52. The molecule has 2 heterocycles. The molecule has 0 aromatic carbocycles. The molecule has 2 N–H and O–H groups in total. The SMILES string of the molecule is CC1OCCC1C(=O)Nc1nc(CCCC(=O)O)cs1. The number of aryl methyl sites for hydroxylation is 1. The van der Waals surface area contributed by atoms with E-state index in [1.165, 1.54) is 11.3 Å². The van der Waals surface area contributed by atoms with E-state index in [1.807, 2.05) is 12.3 Å². The van der Waals surface area contributed by atoms with Crippen LogP contribution in [-0.2, 0) is 20.7 Å². The molecule has 1 aromatic rings. The van der Waals surface area contributed by atoms with E-state index in [2.05, 4.69) is 10.3 Å². The fourth-order valence-corrected chi connectivity index (χ4v) is 2.92. The number of aliphatic carboxylic acids is 1. The number of amides is 1. The number of carboxylic acid groups (broad SMARTS) is 1. The Morgan fingerprint density at radius 3 is 3.05 bits per heavy atom. The molecule has 2 rings (SSSR count). The monoisotopic (exact) mass is 298 g/mol. The van der Waals surface area contributed by atoms with Crippen molar-refractivity contribution in [2.75, 3.05) is 11.9 Å². The molecular weight excluding hydrogens is 280 g/mol. The van der Waals surface area contributed by atoms with Crippen LogP contribution in [0.1, 0.15) is 31.9 Å². The van der Waals surface area contributed by atoms with Crippen LogP contribution >= 0.6 is 11.3 Å². The van der Waals surface area contributed by atoms with Crippen molar-refractivity contribution in [3.05, 3.63) is 11.1 Å². The molecule has 1 aliphatic rings. The number of hydrogen-bond donors (Lipinski definition) is 2. The molecule has 6 nitrogen and oxygen atoms in total. The van der Waals surface area contributed by atoms with E-state index >= 15 is 0 Å². The first-order valence-corrected chi connectivity index (χ1v) is 7.53. The Hall–Kier alpha value is -1.47. The van der Waals surface area contributed by atoms with Crippen LogP contribution < -0.4 is 5.32 Å². The maximum absolute atomic E-state index is 12.0. The van der Waals surface area contributed by atoms with Crippen LogP contribution in [0.4, 0.5) is 5.13 Å². The summed E-state index contributed by atoms with van der Waals surface area (Å²) >= 11 is 1.37. The molecule has 1 aromatic heterocycles. The number of carbonyl (C=O) groups is 2. The van der Waals surface area contributed by atoms with Gasteiger partial charge in [0.25, 0.3) is 0 Å². The standard InChI is InChI=1S/C13H18N2O4S/c1-8-10(5-6-19-8)12(18)15-13-14-9(7-20-13)3-2-4-11(16)17/h7-8,10H,2-6H2,1H3,(H,16,17)(H,14,15,18). The van der Waals surface area contributed by atoms with Crippen molar-refractivity contribution in [1.82, 2.24) is 4.98 Å². The van der Waals surface area contributed by atoms with Crippen LogP contribution in [0.5, 0.6) is 0 Å². The maximum atomic E-state index is 12.0. The molecule has 0 aliphatic carbocycles. The minimum Gasteiger partial charge on any atom is -0.481 e. The smallest absolute Gasteiger partial charge is 0.303 e. The molecule has 1 fully saturated rings. The first-order valence-electron chi connectivity index (χ1n) is 6.65. The highest BCUT2D eigenvalue weighted by Gasteiger charge is 2.31. The van der Waals surface area contributed by atoms with Gasteiger partial charge in [-0.25, -0.2) is 4.98 Å². The lowest BCUT2D eigenvalue weighted by Gasteiger charge is -2.12. The van der Waals surface area contributed by atoms with Crippen LogP contribution in [-0.4, -0.2) is 34.7 Å². The van der Waals surface area contributed by atoms with Gasteiger partial charge in [-0.05, 0) is 26.2 Å². The first kappa shape index (κ1) is 14.9. The quantitative estimate of drug-likeness (QED) is 0.837. The highest BCUT2D eigenvalue weighted by atomic mass is 32.1. The van der Waals surface area contributed by atoms with Crippen LogP contribution in [0.15, 0.2) is 5.38 Å². The number of anilines is 1. The van der Waals surface area contributed by atoms with Crippen LogP contribution in [0.3, 0.4) is 0 Å². The second-order valence-electron chi connectivity index (χ2n) is 4.85. The van der Waals surface area contributed by atoms with Gasteiger partial charge in [-0.1, -0.05) is 0 Å². The van der Waals surface area contributed by atoms with Gasteiger partial charge < -0.3 is 15.2 Å². The molecule has 0 radical (unpaired) electrons. The summed E-state index contributed by atoms with van der Waals surface area (Å²) in [5.74, 6) is -0.972. The van der Waals surface area contributed by atoms with Gasteiger partial charge in [0, 0.05) is 18.4 Å².